The molecule has 2 fully saturated rings. The third kappa shape index (κ3) is 3.23. The van der Waals surface area contributed by atoms with Gasteiger partial charge in [-0.25, -0.2) is 0 Å². The van der Waals surface area contributed by atoms with Gasteiger partial charge in [-0.05, 0) is 38.5 Å². The fourth-order valence-electron chi connectivity index (χ4n) is 2.90. The minimum atomic E-state index is -0.132. The maximum Gasteiger partial charge on any atom is 0.226 e. The van der Waals surface area contributed by atoms with E-state index in [2.05, 4.69) is 5.32 Å². The molecule has 1 atom stereocenters. The molecular formula is C14H25NO3. The second-order valence-corrected chi connectivity index (χ2v) is 5.56. The van der Waals surface area contributed by atoms with E-state index in [0.29, 0.717) is 12.7 Å². The predicted molar refractivity (Wildman–Crippen MR) is 69.4 cm³/mol. The van der Waals surface area contributed by atoms with Crippen molar-refractivity contribution in [3.63, 3.8) is 0 Å². The van der Waals surface area contributed by atoms with Crippen LogP contribution in [0.5, 0.6) is 0 Å². The smallest absolute Gasteiger partial charge is 0.226 e. The van der Waals surface area contributed by atoms with Gasteiger partial charge in [0.05, 0.1) is 11.5 Å². The summed E-state index contributed by atoms with van der Waals surface area (Å²) in [6.07, 6.45) is 7.68. The Hall–Kier alpha value is -0.610. The first-order valence-electron chi connectivity index (χ1n) is 7.16. The van der Waals surface area contributed by atoms with Crippen LogP contribution in [-0.4, -0.2) is 38.9 Å². The number of hydrogen-bond acceptors (Lipinski definition) is 3. The number of carbonyl (C=O) groups is 1. The molecule has 2 rings (SSSR count). The van der Waals surface area contributed by atoms with E-state index in [4.69, 9.17) is 9.47 Å². The van der Waals surface area contributed by atoms with Crippen LogP contribution in [0, 0.1) is 5.41 Å². The Balaban J connectivity index is 1.68. The number of hydrogen-bond donors (Lipinski definition) is 1. The van der Waals surface area contributed by atoms with Gasteiger partial charge in [-0.15, -0.1) is 0 Å². The van der Waals surface area contributed by atoms with Gasteiger partial charge < -0.3 is 14.8 Å². The van der Waals surface area contributed by atoms with Gasteiger partial charge in [0.25, 0.3) is 0 Å². The van der Waals surface area contributed by atoms with Crippen molar-refractivity contribution in [2.24, 2.45) is 5.41 Å². The van der Waals surface area contributed by atoms with Gasteiger partial charge in [0, 0.05) is 26.9 Å². The Morgan fingerprint density at radius 2 is 2.28 bits per heavy atom. The number of ether oxygens (including phenoxy) is 2. The van der Waals surface area contributed by atoms with Crippen LogP contribution in [0.2, 0.25) is 0 Å². The summed E-state index contributed by atoms with van der Waals surface area (Å²) in [5, 5.41) is 3.09. The highest BCUT2D eigenvalue weighted by atomic mass is 16.5. The number of rotatable bonds is 7. The second kappa shape index (κ2) is 6.53. The van der Waals surface area contributed by atoms with Crippen LogP contribution in [-0.2, 0) is 14.3 Å². The van der Waals surface area contributed by atoms with Crippen molar-refractivity contribution in [1.82, 2.24) is 5.32 Å². The monoisotopic (exact) mass is 255 g/mol. The number of carbonyl (C=O) groups excluding carboxylic acids is 1. The van der Waals surface area contributed by atoms with Crippen molar-refractivity contribution in [2.75, 3.05) is 26.9 Å². The maximum absolute atomic E-state index is 12.2. The van der Waals surface area contributed by atoms with E-state index in [1.807, 2.05) is 0 Å². The van der Waals surface area contributed by atoms with Crippen molar-refractivity contribution in [3.05, 3.63) is 0 Å². The molecule has 0 spiro atoms. The molecule has 0 aromatic carbocycles. The lowest BCUT2D eigenvalue weighted by Crippen LogP contribution is -2.46. The van der Waals surface area contributed by atoms with Crippen LogP contribution in [0.25, 0.3) is 0 Å². The Morgan fingerprint density at radius 1 is 1.44 bits per heavy atom. The van der Waals surface area contributed by atoms with E-state index < -0.39 is 0 Å². The summed E-state index contributed by atoms with van der Waals surface area (Å²) < 4.78 is 10.7. The highest BCUT2D eigenvalue weighted by Crippen LogP contribution is 2.44. The van der Waals surface area contributed by atoms with Crippen LogP contribution in [0.15, 0.2) is 0 Å². The highest BCUT2D eigenvalue weighted by Gasteiger charge is 2.43. The van der Waals surface area contributed by atoms with Crippen LogP contribution in [0.1, 0.15) is 44.9 Å². The van der Waals surface area contributed by atoms with Gasteiger partial charge in [-0.1, -0.05) is 6.42 Å². The van der Waals surface area contributed by atoms with E-state index in [1.54, 1.807) is 7.11 Å². The first kappa shape index (κ1) is 13.8. The van der Waals surface area contributed by atoms with Crippen molar-refractivity contribution in [1.29, 1.82) is 0 Å². The molecule has 0 aromatic rings. The average Bonchev–Trinajstić information content (AvgIpc) is 2.81. The molecular weight excluding hydrogens is 230 g/mol. The lowest BCUT2D eigenvalue weighted by molar-refractivity contribution is -0.137. The molecule has 1 aliphatic carbocycles. The summed E-state index contributed by atoms with van der Waals surface area (Å²) in [5.41, 5.74) is -0.132. The molecule has 0 radical (unpaired) electrons. The van der Waals surface area contributed by atoms with Gasteiger partial charge in [0.1, 0.15) is 0 Å². The van der Waals surface area contributed by atoms with E-state index in [0.717, 1.165) is 51.7 Å². The standard InChI is InChI=1S/C14H25NO3/c1-17-11-8-14(6-3-7-14)13(16)15-9-5-12-4-2-10-18-12/h12H,2-11H2,1H3,(H,15,16)/t12-/m1/s1. The topological polar surface area (TPSA) is 47.6 Å². The summed E-state index contributed by atoms with van der Waals surface area (Å²) in [6.45, 7) is 2.31. The van der Waals surface area contributed by atoms with Crippen LogP contribution in [0.4, 0.5) is 0 Å². The Kier molecular flexibility index (Phi) is 5.01. The summed E-state index contributed by atoms with van der Waals surface area (Å²) in [6, 6.07) is 0. The van der Waals surface area contributed by atoms with Crippen molar-refractivity contribution in [3.8, 4) is 0 Å². The summed E-state index contributed by atoms with van der Waals surface area (Å²) in [4.78, 5) is 12.2. The lowest BCUT2D eigenvalue weighted by Gasteiger charge is -2.40. The van der Waals surface area contributed by atoms with E-state index in [9.17, 15) is 4.79 Å². The fraction of sp³-hybridized carbons (Fsp3) is 0.929. The zero-order valence-electron chi connectivity index (χ0n) is 11.4. The summed E-state index contributed by atoms with van der Waals surface area (Å²) in [5.74, 6) is 0.226. The van der Waals surface area contributed by atoms with E-state index in [-0.39, 0.29) is 11.3 Å². The molecule has 1 N–H and O–H groups in total. The molecule has 1 heterocycles. The molecule has 0 aromatic heterocycles. The molecule has 0 unspecified atom stereocenters. The molecule has 2 aliphatic rings. The maximum atomic E-state index is 12.2. The number of nitrogens with one attached hydrogen (secondary N) is 1. The normalized spacial score (nSPS) is 25.7. The van der Waals surface area contributed by atoms with E-state index in [1.165, 1.54) is 6.42 Å². The lowest BCUT2D eigenvalue weighted by atomic mass is 9.66. The summed E-state index contributed by atoms with van der Waals surface area (Å²) in [7, 11) is 1.70. The fourth-order valence-corrected chi connectivity index (χ4v) is 2.90. The Morgan fingerprint density at radius 3 is 2.83 bits per heavy atom. The molecule has 4 heteroatoms. The van der Waals surface area contributed by atoms with Gasteiger partial charge >= 0.3 is 0 Å². The highest BCUT2D eigenvalue weighted by molar-refractivity contribution is 5.83. The summed E-state index contributed by atoms with van der Waals surface area (Å²) >= 11 is 0. The zero-order valence-corrected chi connectivity index (χ0v) is 11.4. The van der Waals surface area contributed by atoms with Crippen LogP contribution in [0.3, 0.4) is 0 Å². The quantitative estimate of drug-likeness (QED) is 0.755. The second-order valence-electron chi connectivity index (χ2n) is 5.56. The molecule has 1 amide bonds. The van der Waals surface area contributed by atoms with E-state index >= 15 is 0 Å². The largest absolute Gasteiger partial charge is 0.385 e. The van der Waals surface area contributed by atoms with Gasteiger partial charge in [0.15, 0.2) is 0 Å². The first-order chi connectivity index (χ1) is 8.77. The Bertz CT molecular complexity index is 270. The molecule has 1 aliphatic heterocycles. The molecule has 18 heavy (non-hydrogen) atoms. The third-order valence-corrected chi connectivity index (χ3v) is 4.35. The van der Waals surface area contributed by atoms with Crippen LogP contribution >= 0.6 is 0 Å². The van der Waals surface area contributed by atoms with Crippen molar-refractivity contribution < 1.29 is 14.3 Å². The molecule has 1 saturated heterocycles. The predicted octanol–water partition coefficient (Wildman–Crippen LogP) is 1.88. The number of methoxy groups -OCH3 is 1. The first-order valence-corrected chi connectivity index (χ1v) is 7.16. The SMILES string of the molecule is COCCC1(C(=O)NCC[C@H]2CCCO2)CCC1. The molecule has 0 bridgehead atoms. The van der Waals surface area contributed by atoms with Gasteiger partial charge in [0.2, 0.25) is 5.91 Å². The van der Waals surface area contributed by atoms with Crippen molar-refractivity contribution >= 4 is 5.91 Å². The Labute approximate surface area is 109 Å². The molecule has 4 nitrogen and oxygen atoms in total. The molecule has 104 valence electrons. The minimum absolute atomic E-state index is 0.132. The van der Waals surface area contributed by atoms with Gasteiger partial charge in [-0.3, -0.25) is 4.79 Å². The van der Waals surface area contributed by atoms with Crippen LogP contribution < -0.4 is 5.32 Å². The zero-order chi connectivity index (χ0) is 12.8. The molecule has 1 saturated carbocycles. The van der Waals surface area contributed by atoms with Gasteiger partial charge in [-0.2, -0.15) is 0 Å². The van der Waals surface area contributed by atoms with Crippen molar-refractivity contribution in [2.45, 2.75) is 51.0 Å². The third-order valence-electron chi connectivity index (χ3n) is 4.35. The average molecular weight is 255 g/mol. The number of amides is 1. The minimum Gasteiger partial charge on any atom is -0.385 e.